The first-order valence-corrected chi connectivity index (χ1v) is 8.99. The fourth-order valence-electron chi connectivity index (χ4n) is 3.14. The zero-order chi connectivity index (χ0) is 18.8. The third-order valence-corrected chi connectivity index (χ3v) is 4.60. The van der Waals surface area contributed by atoms with Gasteiger partial charge in [0.05, 0.1) is 0 Å². The molecule has 1 amide bonds. The zero-order valence-corrected chi connectivity index (χ0v) is 15.3. The van der Waals surface area contributed by atoms with Crippen LogP contribution in [-0.4, -0.2) is 33.9 Å². The minimum absolute atomic E-state index is 0.0354. The first kappa shape index (κ1) is 17.0. The molecule has 27 heavy (non-hydrogen) atoms. The minimum Gasteiger partial charge on any atom is -0.450 e. The summed E-state index contributed by atoms with van der Waals surface area (Å²) in [6, 6.07) is 15.1. The molecule has 6 nitrogen and oxygen atoms in total. The van der Waals surface area contributed by atoms with Crippen LogP contribution in [0.2, 0.25) is 0 Å². The summed E-state index contributed by atoms with van der Waals surface area (Å²) in [5.41, 5.74) is 3.65. The Balaban J connectivity index is 1.64. The largest absolute Gasteiger partial charge is 0.450 e. The van der Waals surface area contributed by atoms with E-state index < -0.39 is 0 Å². The van der Waals surface area contributed by atoms with Gasteiger partial charge in [-0.2, -0.15) is 0 Å². The summed E-state index contributed by atoms with van der Waals surface area (Å²) >= 11 is 0. The highest BCUT2D eigenvalue weighted by atomic mass is 16.3. The van der Waals surface area contributed by atoms with Gasteiger partial charge in [-0.1, -0.05) is 12.1 Å². The zero-order valence-electron chi connectivity index (χ0n) is 15.3. The van der Waals surface area contributed by atoms with E-state index in [4.69, 9.17) is 4.42 Å². The van der Waals surface area contributed by atoms with Gasteiger partial charge in [0.2, 0.25) is 0 Å². The number of benzene rings is 2. The first-order valence-electron chi connectivity index (χ1n) is 8.99. The standard InChI is InChI=1S/C21H20N4O2/c1-3-25(4-2)21(26)14-9-11-15(12-10-14)24-20-19-18(22-13-23-20)16-7-5-6-8-17(16)27-19/h5-13H,3-4H2,1-2H3,(H,22,23,24). The number of para-hydroxylation sites is 1. The van der Waals surface area contributed by atoms with E-state index in [1.807, 2.05) is 62.4 Å². The van der Waals surface area contributed by atoms with Gasteiger partial charge in [0.1, 0.15) is 17.4 Å². The maximum atomic E-state index is 12.4. The van der Waals surface area contributed by atoms with E-state index in [1.54, 1.807) is 4.90 Å². The number of carbonyl (C=O) groups excluding carboxylic acids is 1. The van der Waals surface area contributed by atoms with Crippen molar-refractivity contribution in [3.63, 3.8) is 0 Å². The number of hydrogen-bond acceptors (Lipinski definition) is 5. The Morgan fingerprint density at radius 3 is 2.52 bits per heavy atom. The summed E-state index contributed by atoms with van der Waals surface area (Å²) in [6.45, 7) is 5.34. The van der Waals surface area contributed by atoms with Gasteiger partial charge in [-0.25, -0.2) is 9.97 Å². The number of nitrogens with one attached hydrogen (secondary N) is 1. The van der Waals surface area contributed by atoms with Gasteiger partial charge in [-0.15, -0.1) is 0 Å². The molecule has 0 aliphatic rings. The smallest absolute Gasteiger partial charge is 0.253 e. The molecule has 2 aromatic carbocycles. The lowest BCUT2D eigenvalue weighted by atomic mass is 10.1. The van der Waals surface area contributed by atoms with Crippen LogP contribution in [0.25, 0.3) is 22.1 Å². The van der Waals surface area contributed by atoms with Crippen molar-refractivity contribution in [2.45, 2.75) is 13.8 Å². The van der Waals surface area contributed by atoms with Crippen LogP contribution in [0, 0.1) is 0 Å². The summed E-state index contributed by atoms with van der Waals surface area (Å²) in [5.74, 6) is 0.632. The topological polar surface area (TPSA) is 71.3 Å². The van der Waals surface area contributed by atoms with Gasteiger partial charge in [0, 0.05) is 29.7 Å². The van der Waals surface area contributed by atoms with Crippen LogP contribution in [0.5, 0.6) is 0 Å². The van der Waals surface area contributed by atoms with Gasteiger partial charge < -0.3 is 14.6 Å². The molecular weight excluding hydrogens is 340 g/mol. The Labute approximate surface area is 156 Å². The van der Waals surface area contributed by atoms with Gasteiger partial charge in [-0.05, 0) is 50.2 Å². The predicted molar refractivity (Wildman–Crippen MR) is 106 cm³/mol. The average Bonchev–Trinajstić information content (AvgIpc) is 3.09. The highest BCUT2D eigenvalue weighted by Gasteiger charge is 2.14. The first-order chi connectivity index (χ1) is 13.2. The van der Waals surface area contributed by atoms with E-state index in [0.717, 1.165) is 22.2 Å². The summed E-state index contributed by atoms with van der Waals surface area (Å²) in [4.78, 5) is 22.9. The molecule has 2 aromatic heterocycles. The molecule has 4 rings (SSSR count). The van der Waals surface area contributed by atoms with E-state index >= 15 is 0 Å². The Kier molecular flexibility index (Phi) is 4.46. The second-order valence-corrected chi connectivity index (χ2v) is 6.18. The van der Waals surface area contributed by atoms with Crippen molar-refractivity contribution in [1.29, 1.82) is 0 Å². The summed E-state index contributed by atoms with van der Waals surface area (Å²) in [7, 11) is 0. The minimum atomic E-state index is 0.0354. The number of amides is 1. The molecule has 0 atom stereocenters. The molecule has 0 radical (unpaired) electrons. The lowest BCUT2D eigenvalue weighted by molar-refractivity contribution is 0.0773. The van der Waals surface area contributed by atoms with Crippen molar-refractivity contribution in [2.24, 2.45) is 0 Å². The number of carbonyl (C=O) groups is 1. The molecule has 0 saturated heterocycles. The van der Waals surface area contributed by atoms with Crippen LogP contribution in [0.15, 0.2) is 59.3 Å². The van der Waals surface area contributed by atoms with Crippen molar-refractivity contribution < 1.29 is 9.21 Å². The second kappa shape index (κ2) is 7.07. The fraction of sp³-hybridized carbons (Fsp3) is 0.190. The van der Waals surface area contributed by atoms with Crippen molar-refractivity contribution in [1.82, 2.24) is 14.9 Å². The number of nitrogens with zero attached hydrogens (tertiary/aromatic N) is 3. The molecular formula is C21H20N4O2. The Hall–Kier alpha value is -3.41. The van der Waals surface area contributed by atoms with Gasteiger partial charge in [0.15, 0.2) is 11.4 Å². The van der Waals surface area contributed by atoms with Crippen LogP contribution in [0.1, 0.15) is 24.2 Å². The number of rotatable bonds is 5. The highest BCUT2D eigenvalue weighted by molar-refractivity contribution is 6.05. The Morgan fingerprint density at radius 1 is 1.04 bits per heavy atom. The molecule has 0 aliphatic heterocycles. The van der Waals surface area contributed by atoms with Crippen LogP contribution in [0.4, 0.5) is 11.5 Å². The maximum absolute atomic E-state index is 12.4. The quantitative estimate of drug-likeness (QED) is 0.563. The van der Waals surface area contributed by atoms with E-state index in [0.29, 0.717) is 30.1 Å². The second-order valence-electron chi connectivity index (χ2n) is 6.18. The van der Waals surface area contributed by atoms with Crippen molar-refractivity contribution in [3.8, 4) is 0 Å². The van der Waals surface area contributed by atoms with E-state index in [9.17, 15) is 4.79 Å². The molecule has 0 saturated carbocycles. The average molecular weight is 360 g/mol. The molecule has 0 fully saturated rings. The summed E-state index contributed by atoms with van der Waals surface area (Å²) < 4.78 is 5.93. The van der Waals surface area contributed by atoms with Gasteiger partial charge in [0.25, 0.3) is 5.91 Å². The van der Waals surface area contributed by atoms with Crippen molar-refractivity contribution in [2.75, 3.05) is 18.4 Å². The fourth-order valence-corrected chi connectivity index (χ4v) is 3.14. The third kappa shape index (κ3) is 3.10. The molecule has 6 heteroatoms. The van der Waals surface area contributed by atoms with Gasteiger partial charge in [-0.3, -0.25) is 4.79 Å². The van der Waals surface area contributed by atoms with Crippen LogP contribution >= 0.6 is 0 Å². The SMILES string of the molecule is CCN(CC)C(=O)c1ccc(Nc2ncnc3c2oc2ccccc23)cc1. The predicted octanol–water partition coefficient (Wildman–Crippen LogP) is 4.60. The number of aromatic nitrogens is 2. The Morgan fingerprint density at radius 2 is 1.78 bits per heavy atom. The molecule has 0 aliphatic carbocycles. The van der Waals surface area contributed by atoms with E-state index in [-0.39, 0.29) is 5.91 Å². The van der Waals surface area contributed by atoms with Crippen LogP contribution in [-0.2, 0) is 0 Å². The maximum Gasteiger partial charge on any atom is 0.253 e. The normalized spacial score (nSPS) is 11.0. The molecule has 0 spiro atoms. The number of anilines is 2. The Bertz CT molecular complexity index is 1100. The molecule has 0 unspecified atom stereocenters. The number of furan rings is 1. The molecule has 2 heterocycles. The monoisotopic (exact) mass is 360 g/mol. The third-order valence-electron chi connectivity index (χ3n) is 4.60. The van der Waals surface area contributed by atoms with E-state index in [1.165, 1.54) is 6.33 Å². The van der Waals surface area contributed by atoms with Crippen LogP contribution in [0.3, 0.4) is 0 Å². The lowest BCUT2D eigenvalue weighted by Gasteiger charge is -2.18. The summed E-state index contributed by atoms with van der Waals surface area (Å²) in [6.07, 6.45) is 1.52. The molecule has 0 bridgehead atoms. The summed E-state index contributed by atoms with van der Waals surface area (Å²) in [5, 5.41) is 4.22. The van der Waals surface area contributed by atoms with Crippen molar-refractivity contribution in [3.05, 3.63) is 60.4 Å². The molecule has 4 aromatic rings. The number of fused-ring (bicyclic) bond motifs is 3. The highest BCUT2D eigenvalue weighted by Crippen LogP contribution is 2.31. The molecule has 1 N–H and O–H groups in total. The molecule has 136 valence electrons. The van der Waals surface area contributed by atoms with E-state index in [2.05, 4.69) is 15.3 Å². The van der Waals surface area contributed by atoms with Crippen molar-refractivity contribution >= 4 is 39.5 Å². The lowest BCUT2D eigenvalue weighted by Crippen LogP contribution is -2.30. The number of hydrogen-bond donors (Lipinski definition) is 1. The van der Waals surface area contributed by atoms with Gasteiger partial charge >= 0.3 is 0 Å². The van der Waals surface area contributed by atoms with Crippen LogP contribution < -0.4 is 5.32 Å².